The van der Waals surface area contributed by atoms with Crippen molar-refractivity contribution in [2.75, 3.05) is 18.4 Å². The van der Waals surface area contributed by atoms with E-state index < -0.39 is 23.8 Å². The molecule has 0 saturated carbocycles. The summed E-state index contributed by atoms with van der Waals surface area (Å²) in [5.74, 6) is -1.87. The van der Waals surface area contributed by atoms with Crippen LogP contribution in [0.25, 0.3) is 55.4 Å². The lowest BCUT2D eigenvalue weighted by molar-refractivity contribution is -0.139. The van der Waals surface area contributed by atoms with Gasteiger partial charge in [-0.1, -0.05) is 56.0 Å². The van der Waals surface area contributed by atoms with Gasteiger partial charge in [-0.25, -0.2) is 24.0 Å². The summed E-state index contributed by atoms with van der Waals surface area (Å²) >= 11 is 7.33. The number of nitrogens with zero attached hydrogens (tertiary/aromatic N) is 11. The predicted octanol–water partition coefficient (Wildman–Crippen LogP) is 7.26. The lowest BCUT2D eigenvalue weighted by Gasteiger charge is -2.32. The lowest BCUT2D eigenvalue weighted by Crippen LogP contribution is -2.48. The fraction of sp³-hybridized carbons (Fsp3) is 0.226. The maximum absolute atomic E-state index is 13.6. The number of carboxylic acid groups (broad SMARTS) is 1. The number of hydrogen-bond acceptors (Lipinski definition) is 15. The van der Waals surface area contributed by atoms with Crippen molar-refractivity contribution in [3.05, 3.63) is 186 Å². The van der Waals surface area contributed by atoms with Gasteiger partial charge in [-0.15, -0.1) is 0 Å². The molecule has 0 radical (unpaired) electrons. The van der Waals surface area contributed by atoms with Crippen LogP contribution in [0.5, 0.6) is 0 Å². The van der Waals surface area contributed by atoms with E-state index in [0.29, 0.717) is 51.8 Å². The van der Waals surface area contributed by atoms with E-state index in [9.17, 15) is 28.8 Å². The van der Waals surface area contributed by atoms with Crippen LogP contribution in [-0.4, -0.2) is 119 Å². The summed E-state index contributed by atoms with van der Waals surface area (Å²) in [4.78, 5) is 93.1. The Morgan fingerprint density at radius 1 is 0.644 bits per heavy atom. The van der Waals surface area contributed by atoms with E-state index in [1.807, 2.05) is 137 Å². The summed E-state index contributed by atoms with van der Waals surface area (Å²) in [7, 11) is 0. The van der Waals surface area contributed by atoms with E-state index in [1.54, 1.807) is 49.2 Å². The van der Waals surface area contributed by atoms with Gasteiger partial charge >= 0.3 is 5.97 Å². The van der Waals surface area contributed by atoms with E-state index in [4.69, 9.17) is 16.6 Å². The molecule has 7 N–H and O–H groups in total. The Morgan fingerprint density at radius 3 is 1.70 bits per heavy atom. The maximum Gasteiger partial charge on any atom is 0.323 e. The van der Waals surface area contributed by atoms with Crippen LogP contribution >= 0.6 is 13.5 Å². The molecule has 0 bridgehead atoms. The van der Waals surface area contributed by atoms with Crippen molar-refractivity contribution in [2.45, 2.75) is 79.6 Å². The van der Waals surface area contributed by atoms with E-state index in [0.717, 1.165) is 69.3 Å². The van der Waals surface area contributed by atoms with Crippen molar-refractivity contribution in [1.29, 1.82) is 0 Å². The zero-order chi connectivity index (χ0) is 60.5. The first-order valence-corrected chi connectivity index (χ1v) is 28.2. The molecule has 4 amide bonds. The molecule has 25 heteroatoms. The van der Waals surface area contributed by atoms with Gasteiger partial charge in [0.05, 0.1) is 41.0 Å². The summed E-state index contributed by atoms with van der Waals surface area (Å²) in [6.07, 6.45) is 19.5. The van der Waals surface area contributed by atoms with Crippen LogP contribution in [-0.2, 0) is 61.1 Å². The molecule has 2 aliphatic rings. The van der Waals surface area contributed by atoms with E-state index >= 15 is 0 Å². The van der Waals surface area contributed by atoms with Crippen LogP contribution in [0.1, 0.15) is 69.5 Å². The molecule has 2 aliphatic heterocycles. The normalized spacial score (nSPS) is 14.1. The highest BCUT2D eigenvalue weighted by molar-refractivity contribution is 8.07. The van der Waals surface area contributed by atoms with Gasteiger partial charge in [0.2, 0.25) is 11.8 Å². The quantitative estimate of drug-likeness (QED) is 0.0709. The van der Waals surface area contributed by atoms with Crippen LogP contribution < -0.4 is 22.1 Å². The first kappa shape index (κ1) is 64.9. The van der Waals surface area contributed by atoms with Gasteiger partial charge in [0.1, 0.15) is 18.9 Å². The number of fused-ring (bicyclic) bond motifs is 4. The highest BCUT2D eigenvalue weighted by Crippen LogP contribution is 2.30. The Bertz CT molecular complexity index is 4280. The largest absolute Gasteiger partial charge is 0.480 e. The number of nitrogens with two attached hydrogens (primary N) is 2. The average Bonchev–Trinajstić information content (AvgIpc) is 2.05. The van der Waals surface area contributed by atoms with Crippen LogP contribution in [0, 0.1) is 27.7 Å². The topological polar surface area (TPSA) is 298 Å². The fourth-order valence-corrected chi connectivity index (χ4v) is 10.2. The summed E-state index contributed by atoms with van der Waals surface area (Å²) in [6, 6.07) is 25.3. The summed E-state index contributed by atoms with van der Waals surface area (Å²) in [5.41, 5.74) is 22.1. The number of benzene rings is 2. The SMILES string of the molecule is C.Cc1cc2ncc(-c3ccc4c(c3)c(C(N)=O)cn4CC(=O)O)cn2n1.Cc1cccc(CC(=O)C2CC=CCN2C(=O)Cn2cc(C(N)=O)c3cc(-c4cnc5cc(C)nn5c4)ccc32)n1.Cc1cccc(NC(=O)[C@@H]2CC=CCN2)n1.S.S=S. The third-order valence-corrected chi connectivity index (χ3v) is 14.1. The van der Waals surface area contributed by atoms with Gasteiger partial charge in [0.25, 0.3) is 11.8 Å². The molecule has 2 atom stereocenters. The van der Waals surface area contributed by atoms with Gasteiger partial charge in [-0.05, 0) is 100 Å². The number of anilines is 1. The molecule has 87 heavy (non-hydrogen) atoms. The van der Waals surface area contributed by atoms with E-state index in [1.165, 1.54) is 10.8 Å². The van der Waals surface area contributed by atoms with Gasteiger partial charge in [0.15, 0.2) is 17.1 Å². The molecule has 10 aromatic rings. The second kappa shape index (κ2) is 28.9. The molecular formula is C62H65N15O7S3. The summed E-state index contributed by atoms with van der Waals surface area (Å²) < 4.78 is 6.63. The van der Waals surface area contributed by atoms with Gasteiger partial charge in [0, 0.05) is 135 Å². The van der Waals surface area contributed by atoms with Crippen molar-refractivity contribution in [2.24, 2.45) is 11.5 Å². The molecule has 12 rings (SSSR count). The maximum atomic E-state index is 13.6. The average molecular weight is 1230 g/mol. The first-order valence-electron chi connectivity index (χ1n) is 26.9. The van der Waals surface area contributed by atoms with Crippen molar-refractivity contribution in [3.8, 4) is 22.3 Å². The number of aliphatic carboxylic acids is 1. The Hall–Kier alpha value is -9.69. The Labute approximate surface area is 517 Å². The summed E-state index contributed by atoms with van der Waals surface area (Å²) in [5, 5.41) is 25.0. The lowest BCUT2D eigenvalue weighted by atomic mass is 9.99. The van der Waals surface area contributed by atoms with Gasteiger partial charge in [-0.2, -0.15) is 23.7 Å². The highest BCUT2D eigenvalue weighted by Gasteiger charge is 2.31. The van der Waals surface area contributed by atoms with Crippen molar-refractivity contribution >= 4 is 110 Å². The highest BCUT2D eigenvalue weighted by atomic mass is 32.8. The van der Waals surface area contributed by atoms with E-state index in [-0.39, 0.29) is 69.6 Å². The molecule has 0 saturated heterocycles. The number of nitrogens with one attached hydrogen (secondary N) is 2. The third kappa shape index (κ3) is 15.4. The molecule has 0 aliphatic carbocycles. The molecule has 0 fully saturated rings. The third-order valence-electron chi connectivity index (χ3n) is 14.1. The van der Waals surface area contributed by atoms with Crippen LogP contribution in [0.3, 0.4) is 0 Å². The van der Waals surface area contributed by atoms with Gasteiger partial charge in [-0.3, -0.25) is 33.8 Å². The molecular weight excluding hydrogens is 1160 g/mol. The minimum atomic E-state index is -0.995. The van der Waals surface area contributed by atoms with Crippen molar-refractivity contribution in [1.82, 2.24) is 58.5 Å². The number of carbonyl (C=O) groups is 6. The Balaban J connectivity index is 0.000000201. The fourth-order valence-electron chi connectivity index (χ4n) is 10.2. The molecule has 448 valence electrons. The minimum Gasteiger partial charge on any atom is -0.480 e. The van der Waals surface area contributed by atoms with Crippen LogP contribution in [0.4, 0.5) is 5.82 Å². The molecule has 8 aromatic heterocycles. The number of primary amides is 2. The minimum absolute atomic E-state index is 0. The number of hydrogen-bond donors (Lipinski definition) is 5. The first-order chi connectivity index (χ1) is 40.9. The number of carboxylic acids is 1. The summed E-state index contributed by atoms with van der Waals surface area (Å²) in [6.45, 7) is 8.38. The zero-order valence-electron chi connectivity index (χ0n) is 47.2. The second-order valence-corrected chi connectivity index (χ2v) is 20.3. The second-order valence-electron chi connectivity index (χ2n) is 20.3. The number of ketones is 1. The van der Waals surface area contributed by atoms with E-state index in [2.05, 4.69) is 63.1 Å². The van der Waals surface area contributed by atoms with Crippen molar-refractivity contribution < 1.29 is 33.9 Å². The molecule has 0 spiro atoms. The zero-order valence-corrected chi connectivity index (χ0v) is 49.9. The number of carbonyl (C=O) groups excluding carboxylic acids is 5. The monoisotopic (exact) mass is 1230 g/mol. The Morgan fingerprint density at radius 2 is 1.18 bits per heavy atom. The van der Waals surface area contributed by atoms with Crippen molar-refractivity contribution in [3.63, 3.8) is 0 Å². The standard InChI is InChI=1S/C31H29N7O3.C18H15N5O3.C12H15N3O.CH4.S2.H2S/c1-19-6-5-7-23(34-19)14-28(39)27-8-3-4-11-37(27)30(40)18-36-17-25(31(32)41)24-13-21(9-10-26(24)36)22-15-33-29-12-20(2)35-38(29)16-22;1-10-4-16-20-6-12(7-23(16)21-10)11-2-3-15-13(5-11)14(18(19)26)8-22(15)9-17(24)25;1-9-5-4-7-11(14-9)15-12(16)10-6-2-3-8-13-10;;1-2;/h3-7,9-10,12-13,15-17,27H,8,11,14,18H2,1-2H3,(H2,32,41);2-8H,9H2,1H3,(H2,19,26)(H,24,25);2-5,7,10,13H,6,8H2,1H3,(H,14,15,16);1H4;;1H2/t;;10-;;;/m..0.../s1. The number of pyridine rings is 2. The molecule has 2 aromatic carbocycles. The smallest absolute Gasteiger partial charge is 0.323 e. The number of aromatic nitrogens is 10. The number of aryl methyl sites for hydroxylation is 4. The molecule has 10 heterocycles. The number of Topliss-reactive ketones (excluding diaryl/α,β-unsaturated/α-hetero) is 1. The molecule has 1 unspecified atom stereocenters. The van der Waals surface area contributed by atoms with Crippen LogP contribution in [0.15, 0.2) is 146 Å². The number of amides is 4. The van der Waals surface area contributed by atoms with Crippen LogP contribution in [0.2, 0.25) is 0 Å². The Kier molecular flexibility index (Phi) is 21.6. The number of rotatable bonds is 13. The van der Waals surface area contributed by atoms with Gasteiger partial charge < -0.3 is 41.2 Å². The molecule has 22 nitrogen and oxygen atoms in total. The predicted molar refractivity (Wildman–Crippen MR) is 344 cm³/mol.